The zero-order chi connectivity index (χ0) is 19.5. The lowest BCUT2D eigenvalue weighted by Gasteiger charge is -2.07. The fourth-order valence-corrected chi connectivity index (χ4v) is 3.54. The summed E-state index contributed by atoms with van der Waals surface area (Å²) in [6.07, 6.45) is 0.491. The number of hydrogen-bond acceptors (Lipinski definition) is 4. The van der Waals surface area contributed by atoms with Gasteiger partial charge in [0, 0.05) is 18.3 Å². The molecule has 0 aliphatic rings. The number of aromatic nitrogens is 3. The molecule has 0 saturated heterocycles. The van der Waals surface area contributed by atoms with Crippen molar-refractivity contribution in [2.75, 3.05) is 11.9 Å². The number of hydrogen-bond donors (Lipinski definition) is 2. The summed E-state index contributed by atoms with van der Waals surface area (Å²) in [5, 5.41) is 11.4. The van der Waals surface area contributed by atoms with E-state index in [-0.39, 0.29) is 11.5 Å². The Morgan fingerprint density at radius 3 is 2.61 bits per heavy atom. The number of carbonyl (C=O) groups excluding carboxylic acids is 1. The number of thiazole rings is 1. The molecule has 0 radical (unpaired) electrons. The first-order chi connectivity index (χ1) is 13.6. The molecule has 2 aromatic heterocycles. The quantitative estimate of drug-likeness (QED) is 0.531. The fourth-order valence-electron chi connectivity index (χ4n) is 2.69. The molecule has 9 heteroatoms. The lowest BCUT2D eigenvalue weighted by atomic mass is 10.2. The van der Waals surface area contributed by atoms with Crippen LogP contribution in [0, 0.1) is 11.6 Å². The van der Waals surface area contributed by atoms with Crippen LogP contribution in [0.2, 0.25) is 0 Å². The van der Waals surface area contributed by atoms with E-state index in [0.717, 1.165) is 5.69 Å². The fraction of sp³-hybridized carbons (Fsp3) is 0.105. The van der Waals surface area contributed by atoms with Crippen molar-refractivity contribution in [3.05, 3.63) is 71.2 Å². The number of fused-ring (bicyclic) bond motifs is 1. The van der Waals surface area contributed by atoms with Crippen molar-refractivity contribution in [3.63, 3.8) is 0 Å². The van der Waals surface area contributed by atoms with E-state index in [2.05, 4.69) is 20.7 Å². The number of carbonyl (C=O) groups is 1. The summed E-state index contributed by atoms with van der Waals surface area (Å²) < 4.78 is 29.1. The monoisotopic (exact) mass is 399 g/mol. The number of halogens is 2. The number of para-hydroxylation sites is 1. The van der Waals surface area contributed by atoms with E-state index >= 15 is 0 Å². The lowest BCUT2D eigenvalue weighted by molar-refractivity contribution is 0.252. The molecule has 0 aliphatic carbocycles. The average Bonchev–Trinajstić information content (AvgIpc) is 3.26. The predicted octanol–water partition coefficient (Wildman–Crippen LogP) is 4.10. The van der Waals surface area contributed by atoms with E-state index in [4.69, 9.17) is 0 Å². The maximum absolute atomic E-state index is 13.9. The molecule has 0 spiro atoms. The van der Waals surface area contributed by atoms with Crippen molar-refractivity contribution in [1.82, 2.24) is 19.9 Å². The maximum Gasteiger partial charge on any atom is 0.319 e. The largest absolute Gasteiger partial charge is 0.337 e. The minimum Gasteiger partial charge on any atom is -0.337 e. The highest BCUT2D eigenvalue weighted by Crippen LogP contribution is 2.23. The van der Waals surface area contributed by atoms with Gasteiger partial charge in [-0.15, -0.1) is 16.4 Å². The zero-order valence-electron chi connectivity index (χ0n) is 14.5. The van der Waals surface area contributed by atoms with Crippen LogP contribution < -0.4 is 10.6 Å². The lowest BCUT2D eigenvalue weighted by Crippen LogP contribution is -2.31. The number of rotatable bonds is 5. The molecule has 0 bridgehead atoms. The van der Waals surface area contributed by atoms with Crippen molar-refractivity contribution < 1.29 is 13.6 Å². The van der Waals surface area contributed by atoms with Crippen LogP contribution in [0.5, 0.6) is 0 Å². The second kappa shape index (κ2) is 7.73. The van der Waals surface area contributed by atoms with Crippen LogP contribution in [0.4, 0.5) is 19.3 Å². The van der Waals surface area contributed by atoms with Crippen LogP contribution in [-0.2, 0) is 6.42 Å². The van der Waals surface area contributed by atoms with Gasteiger partial charge in [-0.1, -0.05) is 24.3 Å². The van der Waals surface area contributed by atoms with Crippen LogP contribution in [0.25, 0.3) is 16.3 Å². The van der Waals surface area contributed by atoms with Gasteiger partial charge in [0.15, 0.2) is 5.82 Å². The molecule has 0 aliphatic heterocycles. The second-order valence-corrected chi connectivity index (χ2v) is 6.78. The van der Waals surface area contributed by atoms with Crippen LogP contribution in [0.3, 0.4) is 0 Å². The summed E-state index contributed by atoms with van der Waals surface area (Å²) in [6.45, 7) is 0.320. The molecular weight excluding hydrogens is 384 g/mol. The Morgan fingerprint density at radius 1 is 1.07 bits per heavy atom. The van der Waals surface area contributed by atoms with E-state index < -0.39 is 11.8 Å². The van der Waals surface area contributed by atoms with Crippen LogP contribution >= 0.6 is 11.3 Å². The summed E-state index contributed by atoms with van der Waals surface area (Å²) in [7, 11) is 0. The third kappa shape index (κ3) is 3.70. The zero-order valence-corrected chi connectivity index (χ0v) is 15.3. The molecule has 2 N–H and O–H groups in total. The van der Waals surface area contributed by atoms with Gasteiger partial charge in [0.25, 0.3) is 0 Å². The molecule has 6 nitrogen and oxygen atoms in total. The van der Waals surface area contributed by atoms with Crippen molar-refractivity contribution in [1.29, 1.82) is 0 Å². The molecule has 2 aromatic carbocycles. The van der Waals surface area contributed by atoms with Gasteiger partial charge < -0.3 is 10.6 Å². The molecule has 0 saturated carbocycles. The molecule has 4 aromatic rings. The molecule has 4 rings (SSSR count). The standard InChI is InChI=1S/C19H15F2N5OS/c20-14-6-2-1-5-13(14)17-24-19-26(25-17)12(11-28-19)9-10-22-18(27)23-16-8-4-3-7-15(16)21/h1-8,11H,9-10H2,(H2,22,23,27). The van der Waals surface area contributed by atoms with Gasteiger partial charge in [0.2, 0.25) is 4.96 Å². The van der Waals surface area contributed by atoms with E-state index in [1.165, 1.54) is 29.5 Å². The number of nitrogens with zero attached hydrogens (tertiary/aromatic N) is 3. The Labute approximate surface area is 162 Å². The minimum absolute atomic E-state index is 0.115. The van der Waals surface area contributed by atoms with Crippen molar-refractivity contribution in [3.8, 4) is 11.4 Å². The van der Waals surface area contributed by atoms with Gasteiger partial charge in [0.1, 0.15) is 11.6 Å². The van der Waals surface area contributed by atoms with Crippen LogP contribution in [0.1, 0.15) is 5.69 Å². The van der Waals surface area contributed by atoms with Crippen molar-refractivity contribution in [2.24, 2.45) is 0 Å². The van der Waals surface area contributed by atoms with Gasteiger partial charge in [-0.25, -0.2) is 18.1 Å². The average molecular weight is 399 g/mol. The summed E-state index contributed by atoms with van der Waals surface area (Å²) in [5.74, 6) is -0.564. The normalized spacial score (nSPS) is 10.9. The van der Waals surface area contributed by atoms with E-state index in [9.17, 15) is 13.6 Å². The predicted molar refractivity (Wildman–Crippen MR) is 103 cm³/mol. The van der Waals surface area contributed by atoms with E-state index in [1.54, 1.807) is 34.8 Å². The first-order valence-corrected chi connectivity index (χ1v) is 9.37. The van der Waals surface area contributed by atoms with Gasteiger partial charge in [0.05, 0.1) is 16.9 Å². The number of benzene rings is 2. The van der Waals surface area contributed by atoms with E-state index in [1.807, 2.05) is 5.38 Å². The number of anilines is 1. The highest BCUT2D eigenvalue weighted by molar-refractivity contribution is 7.15. The van der Waals surface area contributed by atoms with Crippen LogP contribution in [-0.4, -0.2) is 27.2 Å². The minimum atomic E-state index is -0.500. The summed E-state index contributed by atoms with van der Waals surface area (Å²) in [6, 6.07) is 11.8. The highest BCUT2D eigenvalue weighted by Gasteiger charge is 2.14. The molecule has 0 atom stereocenters. The summed E-state index contributed by atoms with van der Waals surface area (Å²) >= 11 is 1.39. The van der Waals surface area contributed by atoms with Gasteiger partial charge in [-0.2, -0.15) is 4.98 Å². The van der Waals surface area contributed by atoms with Crippen molar-refractivity contribution >= 4 is 28.0 Å². The molecule has 2 amide bonds. The molecular formula is C19H15F2N5OS. The first kappa shape index (κ1) is 18.1. The Kier molecular flexibility index (Phi) is 4.98. The highest BCUT2D eigenvalue weighted by atomic mass is 32.1. The summed E-state index contributed by atoms with van der Waals surface area (Å²) in [4.78, 5) is 16.9. The van der Waals surface area contributed by atoms with Gasteiger partial charge in [-0.05, 0) is 24.3 Å². The number of nitrogens with one attached hydrogen (secondary N) is 2. The third-order valence-corrected chi connectivity index (χ3v) is 4.92. The summed E-state index contributed by atoms with van der Waals surface area (Å²) in [5.41, 5.74) is 1.29. The number of urea groups is 1. The van der Waals surface area contributed by atoms with Crippen LogP contribution in [0.15, 0.2) is 53.9 Å². The second-order valence-electron chi connectivity index (χ2n) is 5.95. The molecule has 142 valence electrons. The third-order valence-electron chi connectivity index (χ3n) is 4.05. The molecule has 28 heavy (non-hydrogen) atoms. The Balaban J connectivity index is 1.41. The molecule has 2 heterocycles. The Hall–Kier alpha value is -3.33. The van der Waals surface area contributed by atoms with Crippen molar-refractivity contribution in [2.45, 2.75) is 6.42 Å². The first-order valence-electron chi connectivity index (χ1n) is 8.49. The molecule has 0 fully saturated rings. The Bertz CT molecular complexity index is 1140. The maximum atomic E-state index is 13.9. The Morgan fingerprint density at radius 2 is 1.82 bits per heavy atom. The smallest absolute Gasteiger partial charge is 0.319 e. The molecule has 0 unspecified atom stereocenters. The van der Waals surface area contributed by atoms with Gasteiger partial charge >= 0.3 is 6.03 Å². The SMILES string of the molecule is O=C(NCCc1csc2nc(-c3ccccc3F)nn12)Nc1ccccc1F. The number of amides is 2. The van der Waals surface area contributed by atoms with E-state index in [0.29, 0.717) is 29.3 Å². The topological polar surface area (TPSA) is 71.3 Å². The van der Waals surface area contributed by atoms with Gasteiger partial charge in [-0.3, -0.25) is 0 Å².